The van der Waals surface area contributed by atoms with E-state index in [0.29, 0.717) is 23.7 Å². The van der Waals surface area contributed by atoms with Crippen molar-refractivity contribution in [2.24, 2.45) is 0 Å². The molecule has 7 heteroatoms. The Labute approximate surface area is 112 Å². The molecule has 0 saturated carbocycles. The highest BCUT2D eigenvalue weighted by Crippen LogP contribution is 2.10. The zero-order chi connectivity index (χ0) is 13.0. The summed E-state index contributed by atoms with van der Waals surface area (Å²) in [6.07, 6.45) is 4.02. The predicted molar refractivity (Wildman–Crippen MR) is 70.9 cm³/mol. The first-order chi connectivity index (χ1) is 8.66. The summed E-state index contributed by atoms with van der Waals surface area (Å²) in [5, 5.41) is 3.25. The molecule has 1 fully saturated rings. The zero-order valence-corrected chi connectivity index (χ0v) is 11.5. The molecule has 1 aliphatic rings. The van der Waals surface area contributed by atoms with Gasteiger partial charge in [-0.05, 0) is 28.8 Å². The summed E-state index contributed by atoms with van der Waals surface area (Å²) in [6.45, 7) is 2.83. The Morgan fingerprint density at radius 2 is 2.39 bits per heavy atom. The van der Waals surface area contributed by atoms with Crippen LogP contribution in [0.3, 0.4) is 0 Å². The lowest BCUT2D eigenvalue weighted by Crippen LogP contribution is -2.34. The van der Waals surface area contributed by atoms with Crippen molar-refractivity contribution in [3.63, 3.8) is 0 Å². The molecule has 0 spiro atoms. The zero-order valence-electron chi connectivity index (χ0n) is 9.95. The van der Waals surface area contributed by atoms with Gasteiger partial charge >= 0.3 is 5.69 Å². The molecule has 2 rings (SSSR count). The number of nitrogens with one attached hydrogen (secondary N) is 2. The molecule has 1 atom stereocenters. The summed E-state index contributed by atoms with van der Waals surface area (Å²) >= 11 is 3.10. The fourth-order valence-electron chi connectivity index (χ4n) is 1.92. The van der Waals surface area contributed by atoms with Gasteiger partial charge in [-0.25, -0.2) is 4.79 Å². The minimum Gasteiger partial charge on any atom is -0.377 e. The van der Waals surface area contributed by atoms with Crippen molar-refractivity contribution in [1.82, 2.24) is 14.9 Å². The van der Waals surface area contributed by atoms with Gasteiger partial charge in [0.25, 0.3) is 5.56 Å². The summed E-state index contributed by atoms with van der Waals surface area (Å²) < 4.78 is 7.31. The van der Waals surface area contributed by atoms with E-state index in [1.165, 1.54) is 10.8 Å². The number of aromatic amines is 1. The van der Waals surface area contributed by atoms with Crippen LogP contribution in [0.1, 0.15) is 12.8 Å². The third-order valence-electron chi connectivity index (χ3n) is 2.89. The van der Waals surface area contributed by atoms with Gasteiger partial charge in [0, 0.05) is 32.4 Å². The number of ether oxygens (including phenoxy) is 1. The van der Waals surface area contributed by atoms with E-state index in [4.69, 9.17) is 4.74 Å². The quantitative estimate of drug-likeness (QED) is 0.753. The molecule has 2 N–H and O–H groups in total. The van der Waals surface area contributed by atoms with Gasteiger partial charge in [-0.1, -0.05) is 0 Å². The van der Waals surface area contributed by atoms with Gasteiger partial charge in [-0.3, -0.25) is 14.3 Å². The lowest BCUT2D eigenvalue weighted by Gasteiger charge is -2.11. The van der Waals surface area contributed by atoms with E-state index in [2.05, 4.69) is 26.2 Å². The maximum Gasteiger partial charge on any atom is 0.328 e. The SMILES string of the molecule is O=c1[nH]c(=O)n(CCNCC2CCCO2)cc1Br. The van der Waals surface area contributed by atoms with Gasteiger partial charge < -0.3 is 10.1 Å². The maximum atomic E-state index is 11.5. The van der Waals surface area contributed by atoms with Crippen LogP contribution in [0.15, 0.2) is 20.3 Å². The van der Waals surface area contributed by atoms with Crippen LogP contribution in [0.25, 0.3) is 0 Å². The number of nitrogens with zero attached hydrogens (tertiary/aromatic N) is 1. The summed E-state index contributed by atoms with van der Waals surface area (Å²) in [7, 11) is 0. The molecule has 0 amide bonds. The minimum absolute atomic E-state index is 0.295. The molecular weight excluding hydrogens is 302 g/mol. The van der Waals surface area contributed by atoms with E-state index < -0.39 is 5.56 Å². The van der Waals surface area contributed by atoms with Crippen molar-refractivity contribution in [1.29, 1.82) is 0 Å². The maximum absolute atomic E-state index is 11.5. The number of hydrogen-bond donors (Lipinski definition) is 2. The Bertz CT molecular complexity index is 505. The van der Waals surface area contributed by atoms with Gasteiger partial charge in [-0.15, -0.1) is 0 Å². The van der Waals surface area contributed by atoms with Gasteiger partial charge in [-0.2, -0.15) is 0 Å². The van der Waals surface area contributed by atoms with Crippen LogP contribution in [-0.4, -0.2) is 35.4 Å². The molecule has 6 nitrogen and oxygen atoms in total. The first-order valence-electron chi connectivity index (χ1n) is 5.98. The summed E-state index contributed by atoms with van der Waals surface area (Å²) in [4.78, 5) is 24.9. The van der Waals surface area contributed by atoms with Crippen molar-refractivity contribution < 1.29 is 4.74 Å². The van der Waals surface area contributed by atoms with E-state index in [1.807, 2.05) is 0 Å². The van der Waals surface area contributed by atoms with Crippen molar-refractivity contribution in [2.75, 3.05) is 19.7 Å². The van der Waals surface area contributed by atoms with Gasteiger partial charge in [0.15, 0.2) is 0 Å². The molecule has 1 aliphatic heterocycles. The van der Waals surface area contributed by atoms with Crippen LogP contribution in [-0.2, 0) is 11.3 Å². The van der Waals surface area contributed by atoms with E-state index in [9.17, 15) is 9.59 Å². The highest BCUT2D eigenvalue weighted by molar-refractivity contribution is 9.10. The number of H-pyrrole nitrogens is 1. The second-order valence-electron chi connectivity index (χ2n) is 4.27. The summed E-state index contributed by atoms with van der Waals surface area (Å²) in [5.74, 6) is 0. The molecule has 1 saturated heterocycles. The van der Waals surface area contributed by atoms with Gasteiger partial charge in [0.2, 0.25) is 0 Å². The highest BCUT2D eigenvalue weighted by Gasteiger charge is 2.14. The van der Waals surface area contributed by atoms with Crippen molar-refractivity contribution in [3.05, 3.63) is 31.5 Å². The van der Waals surface area contributed by atoms with Crippen LogP contribution in [0.4, 0.5) is 0 Å². The Balaban J connectivity index is 1.81. The topological polar surface area (TPSA) is 76.1 Å². The molecule has 2 heterocycles. The second kappa shape index (κ2) is 6.31. The number of hydrogen-bond acceptors (Lipinski definition) is 4. The third kappa shape index (κ3) is 3.54. The summed E-state index contributed by atoms with van der Waals surface area (Å²) in [6, 6.07) is 0. The van der Waals surface area contributed by atoms with Crippen LogP contribution in [0.5, 0.6) is 0 Å². The van der Waals surface area contributed by atoms with Crippen molar-refractivity contribution >= 4 is 15.9 Å². The average molecular weight is 318 g/mol. The lowest BCUT2D eigenvalue weighted by atomic mass is 10.2. The van der Waals surface area contributed by atoms with Crippen LogP contribution in [0.2, 0.25) is 0 Å². The van der Waals surface area contributed by atoms with E-state index >= 15 is 0 Å². The first-order valence-corrected chi connectivity index (χ1v) is 6.77. The summed E-state index contributed by atoms with van der Waals surface area (Å²) in [5.41, 5.74) is -0.786. The Morgan fingerprint density at radius 3 is 3.11 bits per heavy atom. The fourth-order valence-corrected chi connectivity index (χ4v) is 2.26. The smallest absolute Gasteiger partial charge is 0.328 e. The van der Waals surface area contributed by atoms with Gasteiger partial charge in [0.05, 0.1) is 10.6 Å². The van der Waals surface area contributed by atoms with Crippen LogP contribution >= 0.6 is 15.9 Å². The second-order valence-corrected chi connectivity index (χ2v) is 5.12. The largest absolute Gasteiger partial charge is 0.377 e. The molecular formula is C11H16BrN3O3. The number of aromatic nitrogens is 2. The van der Waals surface area contributed by atoms with E-state index in [1.54, 1.807) is 0 Å². The third-order valence-corrected chi connectivity index (χ3v) is 3.46. The standard InChI is InChI=1S/C11H16BrN3O3/c12-9-7-15(11(17)14-10(9)16)4-3-13-6-8-2-1-5-18-8/h7-8,13H,1-6H2,(H,14,16,17). The van der Waals surface area contributed by atoms with Crippen molar-refractivity contribution in [2.45, 2.75) is 25.5 Å². The van der Waals surface area contributed by atoms with Crippen LogP contribution < -0.4 is 16.6 Å². The molecule has 100 valence electrons. The molecule has 0 aromatic carbocycles. The average Bonchev–Trinajstić information content (AvgIpc) is 2.84. The van der Waals surface area contributed by atoms with E-state index in [-0.39, 0.29) is 5.69 Å². The normalized spacial score (nSPS) is 19.3. The van der Waals surface area contributed by atoms with Crippen molar-refractivity contribution in [3.8, 4) is 0 Å². The predicted octanol–water partition coefficient (Wildman–Crippen LogP) is 0.0677. The first kappa shape index (κ1) is 13.5. The molecule has 0 bridgehead atoms. The molecule has 18 heavy (non-hydrogen) atoms. The Morgan fingerprint density at radius 1 is 1.56 bits per heavy atom. The van der Waals surface area contributed by atoms with Gasteiger partial charge in [0.1, 0.15) is 0 Å². The monoisotopic (exact) mass is 317 g/mol. The number of halogens is 1. The molecule has 0 radical (unpaired) electrons. The number of rotatable bonds is 5. The fraction of sp³-hybridized carbons (Fsp3) is 0.636. The molecule has 1 aromatic heterocycles. The molecule has 1 unspecified atom stereocenters. The van der Waals surface area contributed by atoms with Crippen LogP contribution in [0, 0.1) is 0 Å². The molecule has 0 aliphatic carbocycles. The van der Waals surface area contributed by atoms with E-state index in [0.717, 1.165) is 26.0 Å². The minimum atomic E-state index is -0.399. The molecule has 1 aromatic rings. The highest BCUT2D eigenvalue weighted by atomic mass is 79.9. The lowest BCUT2D eigenvalue weighted by molar-refractivity contribution is 0.110. The Kier molecular flexibility index (Phi) is 4.73. The Hall–Kier alpha value is -0.920.